The molecule has 2 rings (SSSR count). The summed E-state index contributed by atoms with van der Waals surface area (Å²) in [6, 6.07) is 1.28. The van der Waals surface area contributed by atoms with Crippen molar-refractivity contribution in [1.29, 1.82) is 0 Å². The summed E-state index contributed by atoms with van der Waals surface area (Å²) < 4.78 is 14.2. The van der Waals surface area contributed by atoms with Gasteiger partial charge in [0.05, 0.1) is 0 Å². The Labute approximate surface area is 103 Å². The van der Waals surface area contributed by atoms with Gasteiger partial charge in [0.1, 0.15) is 0 Å². The second-order valence-corrected chi connectivity index (χ2v) is 5.41. The van der Waals surface area contributed by atoms with Crippen molar-refractivity contribution in [3.63, 3.8) is 0 Å². The highest BCUT2D eigenvalue weighted by atomic mass is 79.9. The van der Waals surface area contributed by atoms with Gasteiger partial charge in [0.25, 0.3) is 0 Å². The van der Waals surface area contributed by atoms with E-state index in [0.29, 0.717) is 10.0 Å². The van der Waals surface area contributed by atoms with Crippen LogP contribution >= 0.6 is 15.9 Å². The van der Waals surface area contributed by atoms with Crippen molar-refractivity contribution in [3.05, 3.63) is 27.5 Å². The Hall–Kier alpha value is -0.610. The summed E-state index contributed by atoms with van der Waals surface area (Å²) in [5.74, 6) is -0.894. The highest BCUT2D eigenvalue weighted by Crippen LogP contribution is 2.44. The van der Waals surface area contributed by atoms with Crippen LogP contribution in [0, 0.1) is 12.7 Å². The van der Waals surface area contributed by atoms with Crippen molar-refractivity contribution in [2.75, 3.05) is 0 Å². The number of rotatable bonds is 1. The Balaban J connectivity index is 2.63. The predicted molar refractivity (Wildman–Crippen MR) is 64.8 cm³/mol. The summed E-state index contributed by atoms with van der Waals surface area (Å²) >= 11 is 3.30. The van der Waals surface area contributed by atoms with Crippen LogP contribution in [0.5, 0.6) is 5.75 Å². The Morgan fingerprint density at radius 1 is 1.44 bits per heavy atom. The van der Waals surface area contributed by atoms with E-state index >= 15 is 0 Å². The Bertz CT molecular complexity index is 401. The smallest absolute Gasteiger partial charge is 0.166 e. The van der Waals surface area contributed by atoms with Gasteiger partial charge in [0.15, 0.2) is 11.6 Å². The lowest BCUT2D eigenvalue weighted by atomic mass is 9.85. The summed E-state index contributed by atoms with van der Waals surface area (Å²) in [5.41, 5.74) is 7.10. The zero-order valence-electron chi connectivity index (χ0n) is 9.19. The van der Waals surface area contributed by atoms with E-state index in [-0.39, 0.29) is 5.75 Å². The monoisotopic (exact) mass is 287 g/mol. The van der Waals surface area contributed by atoms with E-state index in [9.17, 15) is 9.50 Å². The van der Waals surface area contributed by atoms with Crippen molar-refractivity contribution in [2.24, 2.45) is 5.73 Å². The van der Waals surface area contributed by atoms with E-state index in [1.807, 2.05) is 6.92 Å². The molecule has 2 nitrogen and oxygen atoms in total. The molecule has 0 heterocycles. The van der Waals surface area contributed by atoms with Crippen molar-refractivity contribution < 1.29 is 9.50 Å². The van der Waals surface area contributed by atoms with E-state index < -0.39 is 11.4 Å². The normalized spacial score (nSPS) is 19.0. The Morgan fingerprint density at radius 2 is 2.00 bits per heavy atom. The van der Waals surface area contributed by atoms with Gasteiger partial charge in [0, 0.05) is 15.6 Å². The molecule has 1 aliphatic rings. The van der Waals surface area contributed by atoms with Crippen LogP contribution in [0.4, 0.5) is 4.39 Å². The van der Waals surface area contributed by atoms with Gasteiger partial charge in [-0.15, -0.1) is 0 Å². The highest BCUT2D eigenvalue weighted by Gasteiger charge is 2.36. The molecule has 16 heavy (non-hydrogen) atoms. The first-order valence-electron chi connectivity index (χ1n) is 5.42. The second-order valence-electron chi connectivity index (χ2n) is 4.55. The van der Waals surface area contributed by atoms with E-state index in [1.54, 1.807) is 0 Å². The molecule has 0 radical (unpaired) electrons. The van der Waals surface area contributed by atoms with Crippen molar-refractivity contribution >= 4 is 15.9 Å². The minimum atomic E-state index is -0.607. The number of benzene rings is 1. The molecule has 1 aromatic carbocycles. The van der Waals surface area contributed by atoms with E-state index in [0.717, 1.165) is 31.2 Å². The number of phenols is 1. The molecule has 1 fully saturated rings. The van der Waals surface area contributed by atoms with Crippen molar-refractivity contribution in [1.82, 2.24) is 0 Å². The van der Waals surface area contributed by atoms with Crippen LogP contribution < -0.4 is 5.73 Å². The lowest BCUT2D eigenvalue weighted by Crippen LogP contribution is -2.34. The summed E-state index contributed by atoms with van der Waals surface area (Å²) in [7, 11) is 0. The SMILES string of the molecule is Cc1c(Br)cc(F)c(O)c1C1(N)CCCC1. The van der Waals surface area contributed by atoms with Crippen LogP contribution in [-0.2, 0) is 5.54 Å². The number of aromatic hydroxyl groups is 1. The van der Waals surface area contributed by atoms with Crippen LogP contribution in [-0.4, -0.2) is 5.11 Å². The molecule has 88 valence electrons. The van der Waals surface area contributed by atoms with Crippen LogP contribution in [0.25, 0.3) is 0 Å². The van der Waals surface area contributed by atoms with Crippen LogP contribution in [0.3, 0.4) is 0 Å². The van der Waals surface area contributed by atoms with E-state index in [4.69, 9.17) is 5.73 Å². The molecule has 0 unspecified atom stereocenters. The number of nitrogens with two attached hydrogens (primary N) is 1. The quantitative estimate of drug-likeness (QED) is 0.832. The fourth-order valence-electron chi connectivity index (χ4n) is 2.57. The van der Waals surface area contributed by atoms with Gasteiger partial charge in [0.2, 0.25) is 0 Å². The van der Waals surface area contributed by atoms with Crippen molar-refractivity contribution in [2.45, 2.75) is 38.1 Å². The van der Waals surface area contributed by atoms with E-state index in [1.165, 1.54) is 6.07 Å². The van der Waals surface area contributed by atoms with Gasteiger partial charge < -0.3 is 10.8 Å². The van der Waals surface area contributed by atoms with E-state index in [2.05, 4.69) is 15.9 Å². The van der Waals surface area contributed by atoms with Crippen LogP contribution in [0.2, 0.25) is 0 Å². The molecule has 0 saturated heterocycles. The minimum Gasteiger partial charge on any atom is -0.505 e. The third kappa shape index (κ3) is 1.74. The summed E-state index contributed by atoms with van der Waals surface area (Å²) in [6.45, 7) is 1.85. The molecule has 0 amide bonds. The molecular formula is C12H15BrFNO. The Kier molecular flexibility index (Phi) is 2.97. The predicted octanol–water partition coefficient (Wildman–Crippen LogP) is 3.33. The molecule has 0 aliphatic heterocycles. The van der Waals surface area contributed by atoms with Gasteiger partial charge in [-0.1, -0.05) is 28.8 Å². The number of halogens is 2. The first-order chi connectivity index (χ1) is 7.46. The molecule has 0 aromatic heterocycles. The Morgan fingerprint density at radius 3 is 2.56 bits per heavy atom. The van der Waals surface area contributed by atoms with Gasteiger partial charge in [-0.2, -0.15) is 0 Å². The first kappa shape index (κ1) is 11.9. The second kappa shape index (κ2) is 4.00. The third-order valence-corrected chi connectivity index (χ3v) is 4.27. The maximum Gasteiger partial charge on any atom is 0.166 e. The molecule has 0 bridgehead atoms. The first-order valence-corrected chi connectivity index (χ1v) is 6.22. The summed E-state index contributed by atoms with van der Waals surface area (Å²) in [4.78, 5) is 0. The minimum absolute atomic E-state index is 0.287. The lowest BCUT2D eigenvalue weighted by molar-refractivity contribution is 0.383. The fourth-order valence-corrected chi connectivity index (χ4v) is 2.97. The molecule has 0 atom stereocenters. The summed E-state index contributed by atoms with van der Waals surface area (Å²) in [6.07, 6.45) is 3.67. The van der Waals surface area contributed by atoms with Gasteiger partial charge in [-0.3, -0.25) is 0 Å². The van der Waals surface area contributed by atoms with Crippen molar-refractivity contribution in [3.8, 4) is 5.75 Å². The molecular weight excluding hydrogens is 273 g/mol. The number of phenolic OH excluding ortho intramolecular Hbond substituents is 1. The van der Waals surface area contributed by atoms with Gasteiger partial charge in [-0.25, -0.2) is 4.39 Å². The largest absolute Gasteiger partial charge is 0.505 e. The molecule has 1 aliphatic carbocycles. The zero-order chi connectivity index (χ0) is 11.9. The average Bonchev–Trinajstić information content (AvgIpc) is 2.63. The maximum absolute atomic E-state index is 13.5. The lowest BCUT2D eigenvalue weighted by Gasteiger charge is -2.27. The van der Waals surface area contributed by atoms with Crippen LogP contribution in [0.1, 0.15) is 36.8 Å². The zero-order valence-corrected chi connectivity index (χ0v) is 10.8. The van der Waals surface area contributed by atoms with Crippen LogP contribution in [0.15, 0.2) is 10.5 Å². The average molecular weight is 288 g/mol. The molecule has 0 spiro atoms. The molecule has 1 saturated carbocycles. The topological polar surface area (TPSA) is 46.2 Å². The molecule has 1 aromatic rings. The highest BCUT2D eigenvalue weighted by molar-refractivity contribution is 9.10. The molecule has 4 heteroatoms. The number of hydrogen-bond donors (Lipinski definition) is 2. The van der Waals surface area contributed by atoms with Gasteiger partial charge >= 0.3 is 0 Å². The standard InChI is InChI=1S/C12H15BrFNO/c1-7-8(13)6-9(14)11(16)10(7)12(15)4-2-3-5-12/h6,16H,2-5,15H2,1H3. The molecule has 3 N–H and O–H groups in total. The fraction of sp³-hybridized carbons (Fsp3) is 0.500. The number of hydrogen-bond acceptors (Lipinski definition) is 2. The summed E-state index contributed by atoms with van der Waals surface area (Å²) in [5, 5.41) is 9.85. The van der Waals surface area contributed by atoms with Gasteiger partial charge in [-0.05, 0) is 31.4 Å². The maximum atomic E-state index is 13.5. The third-order valence-electron chi connectivity index (χ3n) is 3.44.